The van der Waals surface area contributed by atoms with Crippen LogP contribution in [0.5, 0.6) is 0 Å². The number of halogens is 1. The Balaban J connectivity index is 2.58. The van der Waals surface area contributed by atoms with Crippen LogP contribution in [0.15, 0.2) is 33.6 Å². The average Bonchev–Trinajstić information content (AvgIpc) is 2.04. The predicted molar refractivity (Wildman–Crippen MR) is 48.8 cm³/mol. The Morgan fingerprint density at radius 1 is 1.36 bits per heavy atom. The minimum absolute atomic E-state index is 0.983. The van der Waals surface area contributed by atoms with E-state index in [0.29, 0.717) is 0 Å². The molecular weight excluding hydrogens is 226 g/mol. The molecule has 0 spiro atoms. The SMILES string of the molecule is O=[C]NSc1ccc(Br)cc1. The molecule has 1 aromatic rings. The Morgan fingerprint density at radius 3 is 2.55 bits per heavy atom. The van der Waals surface area contributed by atoms with Crippen molar-refractivity contribution in [2.75, 3.05) is 0 Å². The Bertz CT molecular complexity index is 237. The maximum absolute atomic E-state index is 9.78. The van der Waals surface area contributed by atoms with Gasteiger partial charge in [0.2, 0.25) is 0 Å². The molecule has 1 radical (unpaired) electrons. The van der Waals surface area contributed by atoms with E-state index in [2.05, 4.69) is 20.7 Å². The summed E-state index contributed by atoms with van der Waals surface area (Å²) in [6.07, 6.45) is 1.58. The van der Waals surface area contributed by atoms with Crippen LogP contribution < -0.4 is 4.72 Å². The summed E-state index contributed by atoms with van der Waals surface area (Å²) in [4.78, 5) is 10.8. The van der Waals surface area contributed by atoms with Crippen molar-refractivity contribution in [1.82, 2.24) is 4.72 Å². The minimum atomic E-state index is 0.983. The summed E-state index contributed by atoms with van der Waals surface area (Å²) < 4.78 is 3.40. The van der Waals surface area contributed by atoms with Crippen LogP contribution in [-0.4, -0.2) is 6.41 Å². The molecule has 0 saturated carbocycles. The molecule has 0 aliphatic rings. The van der Waals surface area contributed by atoms with Crippen molar-refractivity contribution in [2.45, 2.75) is 4.90 Å². The number of hydrogen-bond donors (Lipinski definition) is 1. The second kappa shape index (κ2) is 4.41. The molecule has 0 heterocycles. The van der Waals surface area contributed by atoms with Crippen LogP contribution in [0, 0.1) is 0 Å². The zero-order chi connectivity index (χ0) is 8.10. The Labute approximate surface area is 77.6 Å². The van der Waals surface area contributed by atoms with Crippen LogP contribution in [0.2, 0.25) is 0 Å². The summed E-state index contributed by atoms with van der Waals surface area (Å²) >= 11 is 4.54. The summed E-state index contributed by atoms with van der Waals surface area (Å²) in [5.41, 5.74) is 0. The number of nitrogens with one attached hydrogen (secondary N) is 1. The molecule has 0 aliphatic carbocycles. The standard InChI is InChI=1S/C7H5BrNOS/c8-6-1-3-7(4-2-6)11-9-5-10/h1-4H,(H,9,10). The molecule has 1 aromatic carbocycles. The number of hydrogen-bond acceptors (Lipinski definition) is 2. The lowest BCUT2D eigenvalue weighted by atomic mass is 10.4. The highest BCUT2D eigenvalue weighted by molar-refractivity contribution is 9.10. The van der Waals surface area contributed by atoms with Crippen molar-refractivity contribution < 1.29 is 4.79 Å². The molecule has 0 unspecified atom stereocenters. The summed E-state index contributed by atoms with van der Waals surface area (Å²) in [6, 6.07) is 7.63. The first-order valence-corrected chi connectivity index (χ1v) is 4.48. The van der Waals surface area contributed by atoms with E-state index in [1.54, 1.807) is 6.41 Å². The number of amides is 1. The van der Waals surface area contributed by atoms with Gasteiger partial charge in [0.05, 0.1) is 0 Å². The summed E-state index contributed by atoms with van der Waals surface area (Å²) in [5.74, 6) is 0. The zero-order valence-electron chi connectivity index (χ0n) is 5.50. The van der Waals surface area contributed by atoms with Gasteiger partial charge in [0.25, 0.3) is 0 Å². The molecule has 1 amide bonds. The molecular formula is C7H5BrNOS. The van der Waals surface area contributed by atoms with Crippen LogP contribution in [0.1, 0.15) is 0 Å². The van der Waals surface area contributed by atoms with E-state index >= 15 is 0 Å². The van der Waals surface area contributed by atoms with Gasteiger partial charge in [-0.15, -0.1) is 0 Å². The van der Waals surface area contributed by atoms with E-state index in [1.165, 1.54) is 11.9 Å². The molecule has 0 fully saturated rings. The average molecular weight is 231 g/mol. The maximum atomic E-state index is 9.78. The maximum Gasteiger partial charge on any atom is 0.320 e. The van der Waals surface area contributed by atoms with Crippen LogP contribution in [0.3, 0.4) is 0 Å². The molecule has 57 valence electrons. The third kappa shape index (κ3) is 2.95. The first-order valence-electron chi connectivity index (χ1n) is 2.87. The molecule has 0 saturated heterocycles. The van der Waals surface area contributed by atoms with Gasteiger partial charge in [0, 0.05) is 9.37 Å². The van der Waals surface area contributed by atoms with Crippen molar-refractivity contribution in [3.8, 4) is 0 Å². The second-order valence-corrected chi connectivity index (χ2v) is 3.56. The van der Waals surface area contributed by atoms with Gasteiger partial charge in [0.1, 0.15) is 0 Å². The third-order valence-electron chi connectivity index (χ3n) is 1.02. The molecule has 0 aliphatic heterocycles. The molecule has 2 nitrogen and oxygen atoms in total. The summed E-state index contributed by atoms with van der Waals surface area (Å²) in [5, 5.41) is 0. The summed E-state index contributed by atoms with van der Waals surface area (Å²) in [6.45, 7) is 0. The molecule has 4 heteroatoms. The largest absolute Gasteiger partial charge is 0.320 e. The van der Waals surface area contributed by atoms with Crippen LogP contribution >= 0.6 is 27.9 Å². The Morgan fingerprint density at radius 2 is 2.00 bits per heavy atom. The van der Waals surface area contributed by atoms with E-state index in [1.807, 2.05) is 24.3 Å². The molecule has 0 bridgehead atoms. The molecule has 11 heavy (non-hydrogen) atoms. The first-order chi connectivity index (χ1) is 5.33. The number of carbonyl (C=O) groups excluding carboxylic acids is 1. The van der Waals surface area contributed by atoms with E-state index in [-0.39, 0.29) is 0 Å². The van der Waals surface area contributed by atoms with Gasteiger partial charge >= 0.3 is 6.41 Å². The monoisotopic (exact) mass is 230 g/mol. The quantitative estimate of drug-likeness (QED) is 0.637. The lowest BCUT2D eigenvalue weighted by Crippen LogP contribution is -1.96. The van der Waals surface area contributed by atoms with E-state index < -0.39 is 0 Å². The lowest BCUT2D eigenvalue weighted by Gasteiger charge is -1.96. The van der Waals surface area contributed by atoms with E-state index in [4.69, 9.17) is 0 Å². The van der Waals surface area contributed by atoms with Crippen molar-refractivity contribution in [3.63, 3.8) is 0 Å². The number of benzene rings is 1. The van der Waals surface area contributed by atoms with Gasteiger partial charge in [-0.1, -0.05) is 15.9 Å². The Kier molecular flexibility index (Phi) is 3.45. The zero-order valence-corrected chi connectivity index (χ0v) is 7.91. The van der Waals surface area contributed by atoms with Gasteiger partial charge in [0.15, 0.2) is 0 Å². The number of rotatable bonds is 3. The highest BCUT2D eigenvalue weighted by atomic mass is 79.9. The van der Waals surface area contributed by atoms with Gasteiger partial charge in [-0.25, -0.2) is 0 Å². The third-order valence-corrected chi connectivity index (χ3v) is 2.25. The fraction of sp³-hybridized carbons (Fsp3) is 0. The van der Waals surface area contributed by atoms with Crippen LogP contribution in [0.25, 0.3) is 0 Å². The van der Waals surface area contributed by atoms with Crippen molar-refractivity contribution in [3.05, 3.63) is 28.7 Å². The van der Waals surface area contributed by atoms with Crippen molar-refractivity contribution >= 4 is 34.3 Å². The molecule has 0 aromatic heterocycles. The van der Waals surface area contributed by atoms with Gasteiger partial charge in [-0.3, -0.25) is 9.52 Å². The molecule has 1 N–H and O–H groups in total. The van der Waals surface area contributed by atoms with Gasteiger partial charge in [-0.2, -0.15) is 0 Å². The van der Waals surface area contributed by atoms with Gasteiger partial charge in [-0.05, 0) is 36.2 Å². The first kappa shape index (κ1) is 8.62. The van der Waals surface area contributed by atoms with Crippen LogP contribution in [0.4, 0.5) is 0 Å². The summed E-state index contributed by atoms with van der Waals surface area (Å²) in [7, 11) is 0. The fourth-order valence-electron chi connectivity index (χ4n) is 0.582. The lowest BCUT2D eigenvalue weighted by molar-refractivity contribution is 0.554. The van der Waals surface area contributed by atoms with Gasteiger partial charge < -0.3 is 0 Å². The second-order valence-electron chi connectivity index (χ2n) is 1.76. The minimum Gasteiger partial charge on any atom is -0.288 e. The smallest absolute Gasteiger partial charge is 0.288 e. The van der Waals surface area contributed by atoms with Crippen LogP contribution in [-0.2, 0) is 4.79 Å². The van der Waals surface area contributed by atoms with Crippen molar-refractivity contribution in [1.29, 1.82) is 0 Å². The normalized spacial score (nSPS) is 9.18. The molecule has 0 atom stereocenters. The molecule has 1 rings (SSSR count). The van der Waals surface area contributed by atoms with E-state index in [9.17, 15) is 4.79 Å². The Hall–Kier alpha value is -0.480. The van der Waals surface area contributed by atoms with Crippen molar-refractivity contribution in [2.24, 2.45) is 0 Å². The fourth-order valence-corrected chi connectivity index (χ4v) is 1.28. The highest BCUT2D eigenvalue weighted by Crippen LogP contribution is 2.17. The van der Waals surface area contributed by atoms with E-state index in [0.717, 1.165) is 9.37 Å². The predicted octanol–water partition coefficient (Wildman–Crippen LogP) is 2.11. The topological polar surface area (TPSA) is 29.1 Å². The highest BCUT2D eigenvalue weighted by Gasteiger charge is 1.91.